The van der Waals surface area contributed by atoms with Gasteiger partial charge < -0.3 is 5.32 Å². The van der Waals surface area contributed by atoms with Crippen LogP contribution in [0.5, 0.6) is 0 Å². The van der Waals surface area contributed by atoms with Gasteiger partial charge in [0.05, 0.1) is 11.4 Å². The quantitative estimate of drug-likeness (QED) is 0.554. The Morgan fingerprint density at radius 1 is 1.25 bits per heavy atom. The zero-order valence-corrected chi connectivity index (χ0v) is 14.9. The van der Waals surface area contributed by atoms with Crippen molar-refractivity contribution in [1.29, 1.82) is 0 Å². The molecule has 0 saturated heterocycles. The summed E-state index contributed by atoms with van der Waals surface area (Å²) in [5.74, 6) is 0.136. The molecule has 0 radical (unpaired) electrons. The van der Waals surface area contributed by atoms with Gasteiger partial charge in [-0.25, -0.2) is 15.0 Å². The normalized spacial score (nSPS) is 10.6. The summed E-state index contributed by atoms with van der Waals surface area (Å²) in [6.45, 7) is 4.11. The van der Waals surface area contributed by atoms with E-state index in [9.17, 15) is 4.79 Å². The minimum absolute atomic E-state index is 0.116. The van der Waals surface area contributed by atoms with Crippen LogP contribution in [-0.4, -0.2) is 26.6 Å². The molecule has 5 nitrogen and oxygen atoms in total. The van der Waals surface area contributed by atoms with Crippen LogP contribution >= 0.6 is 23.1 Å². The van der Waals surface area contributed by atoms with Gasteiger partial charge in [-0.05, 0) is 31.5 Å². The van der Waals surface area contributed by atoms with Crippen molar-refractivity contribution in [3.63, 3.8) is 0 Å². The highest BCUT2D eigenvalue weighted by atomic mass is 32.2. The monoisotopic (exact) mass is 356 g/mol. The van der Waals surface area contributed by atoms with Crippen LogP contribution in [0.3, 0.4) is 0 Å². The van der Waals surface area contributed by atoms with Crippen LogP contribution < -0.4 is 5.32 Å². The molecule has 0 atom stereocenters. The van der Waals surface area contributed by atoms with Gasteiger partial charge in [0.2, 0.25) is 5.91 Å². The van der Waals surface area contributed by atoms with Crippen molar-refractivity contribution < 1.29 is 4.79 Å². The van der Waals surface area contributed by atoms with Gasteiger partial charge in [-0.1, -0.05) is 29.5 Å². The van der Waals surface area contributed by atoms with E-state index < -0.39 is 0 Å². The Balaban J connectivity index is 1.63. The van der Waals surface area contributed by atoms with E-state index in [1.54, 1.807) is 18.5 Å². The van der Waals surface area contributed by atoms with E-state index in [2.05, 4.69) is 52.3 Å². The zero-order chi connectivity index (χ0) is 16.9. The van der Waals surface area contributed by atoms with E-state index in [4.69, 9.17) is 0 Å². The summed E-state index contributed by atoms with van der Waals surface area (Å²) in [4.78, 5) is 24.7. The number of hydrogen-bond donors (Lipinski definition) is 1. The average molecular weight is 356 g/mol. The van der Waals surface area contributed by atoms with Gasteiger partial charge in [0.15, 0.2) is 10.3 Å². The number of thiazole rings is 1. The van der Waals surface area contributed by atoms with E-state index >= 15 is 0 Å². The lowest BCUT2D eigenvalue weighted by atomic mass is 10.0. The molecule has 3 aromatic rings. The fourth-order valence-electron chi connectivity index (χ4n) is 2.11. The van der Waals surface area contributed by atoms with Crippen LogP contribution in [0.15, 0.2) is 47.2 Å². The van der Waals surface area contributed by atoms with E-state index in [1.807, 2.05) is 5.38 Å². The van der Waals surface area contributed by atoms with Gasteiger partial charge in [-0.3, -0.25) is 4.79 Å². The summed E-state index contributed by atoms with van der Waals surface area (Å²) in [6.07, 6.45) is 3.31. The molecule has 0 spiro atoms. The van der Waals surface area contributed by atoms with Crippen molar-refractivity contribution in [2.75, 3.05) is 11.1 Å². The molecule has 1 amide bonds. The number of aryl methyl sites for hydroxylation is 2. The number of carbonyl (C=O) groups excluding carboxylic acids is 1. The lowest BCUT2D eigenvalue weighted by molar-refractivity contribution is -0.113. The molecule has 24 heavy (non-hydrogen) atoms. The van der Waals surface area contributed by atoms with Crippen molar-refractivity contribution in [1.82, 2.24) is 15.0 Å². The predicted octanol–water partition coefficient (Wildman–Crippen LogP) is 3.95. The minimum atomic E-state index is -0.116. The molecule has 0 saturated carbocycles. The van der Waals surface area contributed by atoms with E-state index in [0.717, 1.165) is 11.3 Å². The van der Waals surface area contributed by atoms with Gasteiger partial charge in [-0.15, -0.1) is 11.3 Å². The number of nitrogens with zero attached hydrogens (tertiary/aromatic N) is 3. The van der Waals surface area contributed by atoms with Crippen LogP contribution in [-0.2, 0) is 4.79 Å². The lowest BCUT2D eigenvalue weighted by Gasteiger charge is -2.04. The molecular formula is C17H16N4OS2. The number of anilines is 1. The highest BCUT2D eigenvalue weighted by molar-refractivity contribution is 7.99. The molecule has 0 bridgehead atoms. The topological polar surface area (TPSA) is 67.8 Å². The van der Waals surface area contributed by atoms with E-state index in [1.165, 1.54) is 34.2 Å². The van der Waals surface area contributed by atoms with Crippen molar-refractivity contribution in [3.8, 4) is 11.3 Å². The number of aromatic nitrogens is 3. The van der Waals surface area contributed by atoms with E-state index in [-0.39, 0.29) is 11.7 Å². The zero-order valence-electron chi connectivity index (χ0n) is 13.3. The second kappa shape index (κ2) is 7.55. The molecule has 122 valence electrons. The molecule has 0 aliphatic rings. The Labute approximate surface area is 148 Å². The third kappa shape index (κ3) is 4.18. The Bertz CT molecular complexity index is 849. The van der Waals surface area contributed by atoms with Crippen molar-refractivity contribution >= 4 is 34.1 Å². The largest absolute Gasteiger partial charge is 0.301 e. The molecule has 0 aliphatic heterocycles. The standard InChI is InChI=1S/C17H16N4OS2/c1-11-4-5-12(2)13(8-11)14-9-23-17(20-14)21-15(22)10-24-16-18-6-3-7-19-16/h3-9H,10H2,1-2H3,(H,20,21,22). The van der Waals surface area contributed by atoms with Crippen molar-refractivity contribution in [2.45, 2.75) is 19.0 Å². The number of hydrogen-bond acceptors (Lipinski definition) is 6. The summed E-state index contributed by atoms with van der Waals surface area (Å²) < 4.78 is 0. The smallest absolute Gasteiger partial charge is 0.236 e. The average Bonchev–Trinajstić information content (AvgIpc) is 3.04. The summed E-state index contributed by atoms with van der Waals surface area (Å²) in [7, 11) is 0. The number of nitrogens with one attached hydrogen (secondary N) is 1. The molecule has 0 unspecified atom stereocenters. The van der Waals surface area contributed by atoms with Gasteiger partial charge >= 0.3 is 0 Å². The number of carbonyl (C=O) groups is 1. The van der Waals surface area contributed by atoms with Gasteiger partial charge in [0.1, 0.15) is 0 Å². The number of amides is 1. The second-order valence-corrected chi connectivity index (χ2v) is 7.03. The van der Waals surface area contributed by atoms with Crippen LogP contribution in [0.2, 0.25) is 0 Å². The predicted molar refractivity (Wildman–Crippen MR) is 98.4 cm³/mol. The Morgan fingerprint density at radius 3 is 2.83 bits per heavy atom. The third-order valence-corrected chi connectivity index (χ3v) is 4.93. The highest BCUT2D eigenvalue weighted by Crippen LogP contribution is 2.28. The summed E-state index contributed by atoms with van der Waals surface area (Å²) in [6, 6.07) is 8.02. The maximum Gasteiger partial charge on any atom is 0.236 e. The first-order valence-corrected chi connectivity index (χ1v) is 9.21. The van der Waals surface area contributed by atoms with Crippen LogP contribution in [0, 0.1) is 13.8 Å². The van der Waals surface area contributed by atoms with Gasteiger partial charge in [0.25, 0.3) is 0 Å². The van der Waals surface area contributed by atoms with Gasteiger partial charge in [0, 0.05) is 23.3 Å². The van der Waals surface area contributed by atoms with Crippen LogP contribution in [0.1, 0.15) is 11.1 Å². The maximum absolute atomic E-state index is 12.0. The molecular weight excluding hydrogens is 340 g/mol. The Hall–Kier alpha value is -2.25. The molecule has 3 rings (SSSR count). The first kappa shape index (κ1) is 16.6. The molecule has 7 heteroatoms. The van der Waals surface area contributed by atoms with Crippen molar-refractivity contribution in [3.05, 3.63) is 53.2 Å². The third-order valence-electron chi connectivity index (χ3n) is 3.29. The molecule has 1 N–H and O–H groups in total. The fourth-order valence-corrected chi connectivity index (χ4v) is 3.44. The first-order chi connectivity index (χ1) is 11.6. The maximum atomic E-state index is 12.0. The molecule has 0 aliphatic carbocycles. The fraction of sp³-hybridized carbons (Fsp3) is 0.176. The SMILES string of the molecule is Cc1ccc(C)c(-c2csc(NC(=O)CSc3ncccn3)n2)c1. The molecule has 2 heterocycles. The summed E-state index contributed by atoms with van der Waals surface area (Å²) >= 11 is 2.72. The number of benzene rings is 1. The first-order valence-electron chi connectivity index (χ1n) is 7.34. The van der Waals surface area contributed by atoms with Crippen LogP contribution in [0.4, 0.5) is 5.13 Å². The lowest BCUT2D eigenvalue weighted by Crippen LogP contribution is -2.14. The molecule has 1 aromatic carbocycles. The summed E-state index contributed by atoms with van der Waals surface area (Å²) in [5, 5.41) is 5.98. The van der Waals surface area contributed by atoms with E-state index in [0.29, 0.717) is 10.3 Å². The van der Waals surface area contributed by atoms with Crippen LogP contribution in [0.25, 0.3) is 11.3 Å². The summed E-state index contributed by atoms with van der Waals surface area (Å²) in [5.41, 5.74) is 4.34. The Kier molecular flexibility index (Phi) is 5.22. The highest BCUT2D eigenvalue weighted by Gasteiger charge is 2.10. The van der Waals surface area contributed by atoms with Crippen molar-refractivity contribution in [2.24, 2.45) is 0 Å². The minimum Gasteiger partial charge on any atom is -0.301 e. The number of thioether (sulfide) groups is 1. The second-order valence-electron chi connectivity index (χ2n) is 5.22. The van der Waals surface area contributed by atoms with Gasteiger partial charge in [-0.2, -0.15) is 0 Å². The molecule has 2 aromatic heterocycles. The number of rotatable bonds is 5. The Morgan fingerprint density at radius 2 is 2.04 bits per heavy atom. The molecule has 0 fully saturated rings.